The number of hydrogen-bond donors (Lipinski definition) is 2. The summed E-state index contributed by atoms with van der Waals surface area (Å²) in [5, 5.41) is 3.12. The van der Waals surface area contributed by atoms with Crippen molar-refractivity contribution in [3.63, 3.8) is 0 Å². The zero-order valence-electron chi connectivity index (χ0n) is 15.2. The molecule has 0 fully saturated rings. The maximum atomic E-state index is 12.2. The molecule has 0 saturated heterocycles. The maximum Gasteiger partial charge on any atom is 0.254 e. The van der Waals surface area contributed by atoms with E-state index in [9.17, 15) is 18.0 Å². The largest absolute Gasteiger partial charge is 0.345 e. The van der Waals surface area contributed by atoms with Gasteiger partial charge in [-0.05, 0) is 36.4 Å². The molecular weight excluding hydrogens is 425 g/mol. The third-order valence-corrected chi connectivity index (χ3v) is 5.65. The van der Waals surface area contributed by atoms with Crippen LogP contribution in [0.15, 0.2) is 47.4 Å². The minimum absolute atomic E-state index is 0.0216. The summed E-state index contributed by atoms with van der Waals surface area (Å²) in [5.41, 5.74) is 0.724. The molecule has 0 aliphatic carbocycles. The van der Waals surface area contributed by atoms with Gasteiger partial charge in [-0.3, -0.25) is 9.59 Å². The molecule has 0 aliphatic heterocycles. The van der Waals surface area contributed by atoms with Crippen LogP contribution >= 0.6 is 23.2 Å². The van der Waals surface area contributed by atoms with Crippen LogP contribution in [0.2, 0.25) is 10.0 Å². The average molecular weight is 444 g/mol. The highest BCUT2D eigenvalue weighted by atomic mass is 35.5. The van der Waals surface area contributed by atoms with E-state index in [1.165, 1.54) is 35.2 Å². The molecule has 2 N–H and O–H groups in total. The molecule has 0 atom stereocenters. The van der Waals surface area contributed by atoms with Crippen molar-refractivity contribution < 1.29 is 18.0 Å². The molecule has 150 valence electrons. The first-order chi connectivity index (χ1) is 13.1. The highest BCUT2D eigenvalue weighted by molar-refractivity contribution is 7.89. The third-order valence-electron chi connectivity index (χ3n) is 3.64. The van der Waals surface area contributed by atoms with Crippen LogP contribution in [0.4, 0.5) is 5.69 Å². The first-order valence-corrected chi connectivity index (χ1v) is 10.4. The van der Waals surface area contributed by atoms with Crippen molar-refractivity contribution >= 4 is 50.7 Å². The van der Waals surface area contributed by atoms with Crippen LogP contribution in [0.25, 0.3) is 0 Å². The normalized spacial score (nSPS) is 11.1. The summed E-state index contributed by atoms with van der Waals surface area (Å²) in [6, 6.07) is 10.4. The molecule has 7 nitrogen and oxygen atoms in total. The SMILES string of the molecule is CN(C)C(=O)c1ccc(NC(=O)CCNS(=O)(=O)c2cccc(Cl)c2)cc1Cl. The number of benzene rings is 2. The molecular formula is C18H19Cl2N3O4S. The second kappa shape index (κ2) is 9.38. The van der Waals surface area contributed by atoms with Crippen LogP contribution in [0.3, 0.4) is 0 Å². The van der Waals surface area contributed by atoms with E-state index in [0.717, 1.165) is 0 Å². The lowest BCUT2D eigenvalue weighted by molar-refractivity contribution is -0.116. The third kappa shape index (κ3) is 5.93. The van der Waals surface area contributed by atoms with Gasteiger partial charge < -0.3 is 10.2 Å². The van der Waals surface area contributed by atoms with E-state index in [0.29, 0.717) is 16.3 Å². The lowest BCUT2D eigenvalue weighted by atomic mass is 10.2. The fraction of sp³-hybridized carbons (Fsp3) is 0.222. The van der Waals surface area contributed by atoms with Gasteiger partial charge in [0.2, 0.25) is 15.9 Å². The molecule has 2 aromatic carbocycles. The summed E-state index contributed by atoms with van der Waals surface area (Å²) >= 11 is 11.9. The van der Waals surface area contributed by atoms with Gasteiger partial charge in [0.25, 0.3) is 5.91 Å². The molecule has 2 aromatic rings. The van der Waals surface area contributed by atoms with Crippen LogP contribution in [0.1, 0.15) is 16.8 Å². The molecule has 0 spiro atoms. The van der Waals surface area contributed by atoms with Crippen LogP contribution in [0.5, 0.6) is 0 Å². The van der Waals surface area contributed by atoms with Crippen molar-refractivity contribution in [2.45, 2.75) is 11.3 Å². The van der Waals surface area contributed by atoms with Crippen molar-refractivity contribution in [1.82, 2.24) is 9.62 Å². The number of sulfonamides is 1. The number of carbonyl (C=O) groups excluding carboxylic acids is 2. The molecule has 2 rings (SSSR count). The van der Waals surface area contributed by atoms with Gasteiger partial charge in [0, 0.05) is 37.8 Å². The number of rotatable bonds is 7. The fourth-order valence-electron chi connectivity index (χ4n) is 2.25. The zero-order chi connectivity index (χ0) is 20.9. The molecule has 2 amide bonds. The van der Waals surface area contributed by atoms with Crippen molar-refractivity contribution in [2.24, 2.45) is 0 Å². The second-order valence-corrected chi connectivity index (χ2v) is 8.66. The predicted octanol–water partition coefficient (Wildman–Crippen LogP) is 3.00. The number of nitrogens with zero attached hydrogens (tertiary/aromatic N) is 1. The predicted molar refractivity (Wildman–Crippen MR) is 109 cm³/mol. The summed E-state index contributed by atoms with van der Waals surface area (Å²) in [6.45, 7) is -0.0917. The van der Waals surface area contributed by atoms with E-state index >= 15 is 0 Å². The lowest BCUT2D eigenvalue weighted by Crippen LogP contribution is -2.28. The van der Waals surface area contributed by atoms with Gasteiger partial charge in [-0.1, -0.05) is 29.3 Å². The van der Waals surface area contributed by atoms with Gasteiger partial charge in [0.1, 0.15) is 0 Å². The number of carbonyl (C=O) groups is 2. The van der Waals surface area contributed by atoms with E-state index in [1.54, 1.807) is 26.2 Å². The molecule has 10 heteroatoms. The molecule has 0 saturated carbocycles. The number of halogens is 2. The standard InChI is InChI=1S/C18H19Cl2N3O4S/c1-23(2)18(25)15-7-6-13(11-16(15)20)22-17(24)8-9-21-28(26,27)14-5-3-4-12(19)10-14/h3-7,10-11,21H,8-9H2,1-2H3,(H,22,24). The second-order valence-electron chi connectivity index (χ2n) is 6.05. The lowest BCUT2D eigenvalue weighted by Gasteiger charge is -2.13. The number of amides is 2. The quantitative estimate of drug-likeness (QED) is 0.687. The van der Waals surface area contributed by atoms with E-state index in [2.05, 4.69) is 10.0 Å². The molecule has 0 unspecified atom stereocenters. The number of hydrogen-bond acceptors (Lipinski definition) is 4. The Morgan fingerprint density at radius 2 is 1.79 bits per heavy atom. The highest BCUT2D eigenvalue weighted by Gasteiger charge is 2.16. The Bertz CT molecular complexity index is 994. The fourth-order valence-corrected chi connectivity index (χ4v) is 3.84. The minimum atomic E-state index is -3.76. The van der Waals surface area contributed by atoms with Crippen LogP contribution in [-0.2, 0) is 14.8 Å². The van der Waals surface area contributed by atoms with E-state index in [1.807, 2.05) is 0 Å². The summed E-state index contributed by atoms with van der Waals surface area (Å²) < 4.78 is 26.7. The summed E-state index contributed by atoms with van der Waals surface area (Å²) in [5.74, 6) is -0.658. The van der Waals surface area contributed by atoms with Gasteiger partial charge in [-0.15, -0.1) is 0 Å². The first-order valence-electron chi connectivity index (χ1n) is 8.16. The Labute approximate surface area is 173 Å². The van der Waals surface area contributed by atoms with Gasteiger partial charge in [-0.25, -0.2) is 13.1 Å². The Kier molecular flexibility index (Phi) is 7.42. The van der Waals surface area contributed by atoms with Crippen molar-refractivity contribution in [1.29, 1.82) is 0 Å². The molecule has 0 aromatic heterocycles. The smallest absolute Gasteiger partial charge is 0.254 e. The molecule has 0 aliphatic rings. The Morgan fingerprint density at radius 3 is 2.39 bits per heavy atom. The van der Waals surface area contributed by atoms with Crippen LogP contribution < -0.4 is 10.0 Å². The van der Waals surface area contributed by atoms with Crippen molar-refractivity contribution in [3.05, 3.63) is 58.1 Å². The van der Waals surface area contributed by atoms with Gasteiger partial charge in [0.15, 0.2) is 0 Å². The topological polar surface area (TPSA) is 95.6 Å². The summed E-state index contributed by atoms with van der Waals surface area (Å²) in [6.07, 6.45) is -0.0875. The number of nitrogens with one attached hydrogen (secondary N) is 2. The Hall–Kier alpha value is -2.13. The van der Waals surface area contributed by atoms with Gasteiger partial charge in [0.05, 0.1) is 15.5 Å². The van der Waals surface area contributed by atoms with Crippen LogP contribution in [-0.4, -0.2) is 45.8 Å². The molecule has 28 heavy (non-hydrogen) atoms. The van der Waals surface area contributed by atoms with Gasteiger partial charge >= 0.3 is 0 Å². The molecule has 0 heterocycles. The highest BCUT2D eigenvalue weighted by Crippen LogP contribution is 2.22. The average Bonchev–Trinajstić information content (AvgIpc) is 2.61. The minimum Gasteiger partial charge on any atom is -0.345 e. The molecule has 0 radical (unpaired) electrons. The number of anilines is 1. The van der Waals surface area contributed by atoms with Crippen molar-refractivity contribution in [3.8, 4) is 0 Å². The summed E-state index contributed by atoms with van der Waals surface area (Å²) in [7, 11) is -0.539. The maximum absolute atomic E-state index is 12.2. The van der Waals surface area contributed by atoms with E-state index in [-0.39, 0.29) is 28.8 Å². The first kappa shape index (κ1) is 22.2. The van der Waals surface area contributed by atoms with Gasteiger partial charge in [-0.2, -0.15) is 0 Å². The molecule has 0 bridgehead atoms. The van der Waals surface area contributed by atoms with E-state index in [4.69, 9.17) is 23.2 Å². The van der Waals surface area contributed by atoms with Crippen molar-refractivity contribution in [2.75, 3.05) is 26.0 Å². The Balaban J connectivity index is 1.92. The van der Waals surface area contributed by atoms with Crippen LogP contribution in [0, 0.1) is 0 Å². The summed E-state index contributed by atoms with van der Waals surface area (Å²) in [4.78, 5) is 25.4. The zero-order valence-corrected chi connectivity index (χ0v) is 17.5. The van der Waals surface area contributed by atoms with E-state index < -0.39 is 15.9 Å². The monoisotopic (exact) mass is 443 g/mol. The Morgan fingerprint density at radius 1 is 1.07 bits per heavy atom.